The standard InChI is InChI=1S/C18H23N3O6/c1-17(2,20-16(25)26-3)15(24)21-9-11-7-8-18(11,10-21)19-14(23)12-5-4-6-13(22)27-12/h4-6,11H,7-10H2,1-3H3,(H,19,23)(H,20,25)/t11-,18-/m0/s1. The number of alkyl carbamates (subject to hydrolysis) is 1. The van der Waals surface area contributed by atoms with E-state index in [0.717, 1.165) is 12.8 Å². The topological polar surface area (TPSA) is 118 Å². The average molecular weight is 377 g/mol. The maximum atomic E-state index is 12.9. The Kier molecular flexibility index (Phi) is 4.71. The number of ether oxygens (including phenoxy) is 1. The Morgan fingerprint density at radius 2 is 2.07 bits per heavy atom. The average Bonchev–Trinajstić information content (AvgIpc) is 2.85. The number of hydrogen-bond donors (Lipinski definition) is 2. The normalized spacial score (nSPS) is 23.8. The van der Waals surface area contributed by atoms with Crippen molar-refractivity contribution in [3.63, 3.8) is 0 Å². The van der Waals surface area contributed by atoms with Crippen molar-refractivity contribution in [3.8, 4) is 0 Å². The fraction of sp³-hybridized carbons (Fsp3) is 0.556. The summed E-state index contributed by atoms with van der Waals surface area (Å²) in [6.45, 7) is 4.04. The first kappa shape index (κ1) is 18.9. The van der Waals surface area contributed by atoms with Gasteiger partial charge in [-0.3, -0.25) is 9.59 Å². The Morgan fingerprint density at radius 1 is 1.33 bits per heavy atom. The van der Waals surface area contributed by atoms with Gasteiger partial charge in [0.1, 0.15) is 5.54 Å². The van der Waals surface area contributed by atoms with Gasteiger partial charge >= 0.3 is 11.7 Å². The van der Waals surface area contributed by atoms with E-state index in [1.165, 1.54) is 25.3 Å². The third-order valence-electron chi connectivity index (χ3n) is 5.33. The molecule has 9 heteroatoms. The molecule has 1 aliphatic heterocycles. The number of nitrogens with zero attached hydrogens (tertiary/aromatic N) is 1. The molecule has 3 rings (SSSR count). The molecular weight excluding hydrogens is 354 g/mol. The van der Waals surface area contributed by atoms with Crippen molar-refractivity contribution >= 4 is 17.9 Å². The Hall–Kier alpha value is -2.84. The molecule has 0 radical (unpaired) electrons. The Bertz CT molecular complexity index is 832. The second-order valence-electron chi connectivity index (χ2n) is 7.58. The van der Waals surface area contributed by atoms with Crippen molar-refractivity contribution in [1.29, 1.82) is 0 Å². The van der Waals surface area contributed by atoms with Crippen LogP contribution in [0, 0.1) is 5.92 Å². The number of fused-ring (bicyclic) bond motifs is 1. The van der Waals surface area contributed by atoms with Gasteiger partial charge in [-0.1, -0.05) is 6.07 Å². The van der Waals surface area contributed by atoms with Gasteiger partial charge in [0.15, 0.2) is 5.76 Å². The minimum absolute atomic E-state index is 0.0556. The highest BCUT2D eigenvalue weighted by Crippen LogP contribution is 2.45. The van der Waals surface area contributed by atoms with Crippen molar-refractivity contribution in [1.82, 2.24) is 15.5 Å². The second-order valence-corrected chi connectivity index (χ2v) is 7.58. The van der Waals surface area contributed by atoms with Gasteiger partial charge in [-0.25, -0.2) is 9.59 Å². The highest BCUT2D eigenvalue weighted by atomic mass is 16.5. The van der Waals surface area contributed by atoms with Crippen LogP contribution in [0.5, 0.6) is 0 Å². The quantitative estimate of drug-likeness (QED) is 0.789. The molecule has 1 saturated heterocycles. The third-order valence-corrected chi connectivity index (χ3v) is 5.33. The van der Waals surface area contributed by atoms with E-state index < -0.39 is 28.7 Å². The van der Waals surface area contributed by atoms with Crippen LogP contribution in [0.4, 0.5) is 4.79 Å². The monoisotopic (exact) mass is 377 g/mol. The molecule has 3 amide bonds. The molecule has 2 aliphatic rings. The van der Waals surface area contributed by atoms with Gasteiger partial charge in [-0.15, -0.1) is 0 Å². The summed E-state index contributed by atoms with van der Waals surface area (Å²) in [5.74, 6) is -0.657. The molecule has 0 aromatic carbocycles. The van der Waals surface area contributed by atoms with Crippen molar-refractivity contribution in [3.05, 3.63) is 34.4 Å². The lowest BCUT2D eigenvalue weighted by Gasteiger charge is -2.44. The van der Waals surface area contributed by atoms with Gasteiger partial charge in [0.25, 0.3) is 5.91 Å². The molecule has 9 nitrogen and oxygen atoms in total. The van der Waals surface area contributed by atoms with E-state index in [1.54, 1.807) is 18.7 Å². The lowest BCUT2D eigenvalue weighted by Crippen LogP contribution is -2.61. The van der Waals surface area contributed by atoms with Crippen molar-refractivity contribution < 1.29 is 23.5 Å². The molecule has 1 saturated carbocycles. The zero-order chi connectivity index (χ0) is 19.8. The van der Waals surface area contributed by atoms with Crippen LogP contribution in [-0.2, 0) is 9.53 Å². The van der Waals surface area contributed by atoms with E-state index in [9.17, 15) is 19.2 Å². The van der Waals surface area contributed by atoms with Crippen LogP contribution >= 0.6 is 0 Å². The third kappa shape index (κ3) is 3.54. The predicted octanol–water partition coefficient (Wildman–Crippen LogP) is 0.495. The number of carbonyl (C=O) groups excluding carboxylic acids is 3. The van der Waals surface area contributed by atoms with Crippen LogP contribution in [0.3, 0.4) is 0 Å². The van der Waals surface area contributed by atoms with Crippen molar-refractivity contribution in [2.24, 2.45) is 5.92 Å². The number of nitrogens with one attached hydrogen (secondary N) is 2. The van der Waals surface area contributed by atoms with Crippen LogP contribution < -0.4 is 16.3 Å². The second kappa shape index (κ2) is 6.71. The lowest BCUT2D eigenvalue weighted by molar-refractivity contribution is -0.136. The van der Waals surface area contributed by atoms with Gasteiger partial charge in [0.2, 0.25) is 5.91 Å². The molecule has 1 aromatic heterocycles. The van der Waals surface area contributed by atoms with Crippen molar-refractivity contribution in [2.45, 2.75) is 37.8 Å². The summed E-state index contributed by atoms with van der Waals surface area (Å²) in [5.41, 5.74) is -2.26. The SMILES string of the molecule is COC(=O)NC(C)(C)C(=O)N1C[C@@H]2CC[C@]2(NC(=O)c2cccc(=O)o2)C1. The summed E-state index contributed by atoms with van der Waals surface area (Å²) in [4.78, 5) is 49.8. The van der Waals surface area contributed by atoms with E-state index >= 15 is 0 Å². The van der Waals surface area contributed by atoms with Gasteiger partial charge in [-0.2, -0.15) is 0 Å². The molecule has 2 heterocycles. The fourth-order valence-electron chi connectivity index (χ4n) is 3.76. The van der Waals surface area contributed by atoms with Crippen LogP contribution in [-0.4, -0.2) is 54.1 Å². The molecule has 1 aliphatic carbocycles. The summed E-state index contributed by atoms with van der Waals surface area (Å²) in [6, 6.07) is 4.12. The van der Waals surface area contributed by atoms with Crippen molar-refractivity contribution in [2.75, 3.05) is 20.2 Å². The summed E-state index contributed by atoms with van der Waals surface area (Å²) in [6.07, 6.45) is 0.931. The largest absolute Gasteiger partial charge is 0.453 e. The van der Waals surface area contributed by atoms with Crippen LogP contribution in [0.15, 0.2) is 27.4 Å². The Balaban J connectivity index is 1.70. The minimum atomic E-state index is -1.13. The van der Waals surface area contributed by atoms with E-state index in [1.807, 2.05) is 0 Å². The zero-order valence-corrected chi connectivity index (χ0v) is 15.5. The fourth-order valence-corrected chi connectivity index (χ4v) is 3.76. The first-order valence-corrected chi connectivity index (χ1v) is 8.75. The molecule has 27 heavy (non-hydrogen) atoms. The van der Waals surface area contributed by atoms with E-state index in [-0.39, 0.29) is 17.6 Å². The highest BCUT2D eigenvalue weighted by Gasteiger charge is 2.56. The molecule has 0 spiro atoms. The van der Waals surface area contributed by atoms with Gasteiger partial charge < -0.3 is 24.7 Å². The highest BCUT2D eigenvalue weighted by molar-refractivity contribution is 5.92. The Morgan fingerprint density at radius 3 is 2.67 bits per heavy atom. The molecule has 0 bridgehead atoms. The maximum Gasteiger partial charge on any atom is 0.407 e. The molecule has 146 valence electrons. The maximum absolute atomic E-state index is 12.9. The molecule has 2 fully saturated rings. The van der Waals surface area contributed by atoms with Gasteiger partial charge in [-0.05, 0) is 32.8 Å². The zero-order valence-electron chi connectivity index (χ0n) is 15.5. The number of hydrogen-bond acceptors (Lipinski definition) is 6. The lowest BCUT2D eigenvalue weighted by atomic mass is 9.69. The van der Waals surface area contributed by atoms with Crippen LogP contribution in [0.25, 0.3) is 0 Å². The first-order chi connectivity index (χ1) is 12.7. The molecule has 2 atom stereocenters. The van der Waals surface area contributed by atoms with Crippen LogP contribution in [0.1, 0.15) is 37.2 Å². The predicted molar refractivity (Wildman–Crippen MR) is 94.1 cm³/mol. The van der Waals surface area contributed by atoms with Gasteiger partial charge in [0, 0.05) is 25.1 Å². The smallest absolute Gasteiger partial charge is 0.407 e. The minimum Gasteiger partial charge on any atom is -0.453 e. The van der Waals surface area contributed by atoms with Gasteiger partial charge in [0.05, 0.1) is 12.6 Å². The first-order valence-electron chi connectivity index (χ1n) is 8.75. The summed E-state index contributed by atoms with van der Waals surface area (Å²) in [7, 11) is 1.23. The van der Waals surface area contributed by atoms with E-state index in [2.05, 4.69) is 15.4 Å². The van der Waals surface area contributed by atoms with E-state index in [0.29, 0.717) is 13.1 Å². The summed E-state index contributed by atoms with van der Waals surface area (Å²) in [5, 5.41) is 5.47. The summed E-state index contributed by atoms with van der Waals surface area (Å²) >= 11 is 0. The molecular formula is C18H23N3O6. The molecule has 0 unspecified atom stereocenters. The number of carbonyl (C=O) groups is 3. The Labute approximate surface area is 156 Å². The molecule has 1 aromatic rings. The van der Waals surface area contributed by atoms with E-state index in [4.69, 9.17) is 4.42 Å². The summed E-state index contributed by atoms with van der Waals surface area (Å²) < 4.78 is 9.50. The number of likely N-dealkylation sites (tertiary alicyclic amines) is 1. The van der Waals surface area contributed by atoms with Crippen LogP contribution in [0.2, 0.25) is 0 Å². The number of methoxy groups -OCH3 is 1. The number of rotatable bonds is 4. The molecule has 2 N–H and O–H groups in total. The number of amides is 3.